The van der Waals surface area contributed by atoms with Gasteiger partial charge < -0.3 is 10.2 Å². The van der Waals surface area contributed by atoms with Gasteiger partial charge in [-0.05, 0) is 68.5 Å². The molecule has 8 heteroatoms. The van der Waals surface area contributed by atoms with Gasteiger partial charge in [-0.25, -0.2) is 8.42 Å². The summed E-state index contributed by atoms with van der Waals surface area (Å²) in [4.78, 5) is 27.9. The van der Waals surface area contributed by atoms with E-state index in [9.17, 15) is 18.0 Å². The second-order valence-electron chi connectivity index (χ2n) is 8.38. The quantitative estimate of drug-likeness (QED) is 0.574. The van der Waals surface area contributed by atoms with Gasteiger partial charge in [-0.3, -0.25) is 13.9 Å². The zero-order chi connectivity index (χ0) is 24.8. The molecular weight excluding hydrogens is 438 g/mol. The number of nitrogens with one attached hydrogen (secondary N) is 1. The van der Waals surface area contributed by atoms with Crippen LogP contribution in [-0.2, 0) is 26.2 Å². The molecule has 2 amide bonds. The highest BCUT2D eigenvalue weighted by Gasteiger charge is 2.31. The Morgan fingerprint density at radius 2 is 1.61 bits per heavy atom. The molecule has 1 N–H and O–H groups in total. The molecule has 0 aliphatic carbocycles. The van der Waals surface area contributed by atoms with Gasteiger partial charge in [-0.2, -0.15) is 0 Å². The number of nitrogens with zero attached hydrogens (tertiary/aromatic N) is 2. The fourth-order valence-corrected chi connectivity index (χ4v) is 4.72. The van der Waals surface area contributed by atoms with Crippen molar-refractivity contribution in [3.8, 4) is 0 Å². The van der Waals surface area contributed by atoms with E-state index in [-0.39, 0.29) is 19.0 Å². The molecule has 0 bridgehead atoms. The van der Waals surface area contributed by atoms with Crippen molar-refractivity contribution in [1.29, 1.82) is 0 Å². The Morgan fingerprint density at radius 1 is 1.00 bits per heavy atom. The fourth-order valence-electron chi connectivity index (χ4n) is 3.89. The van der Waals surface area contributed by atoms with E-state index in [1.54, 1.807) is 12.1 Å². The number of aryl methyl sites for hydroxylation is 3. The van der Waals surface area contributed by atoms with Crippen LogP contribution >= 0.6 is 0 Å². The molecule has 0 saturated heterocycles. The highest BCUT2D eigenvalue weighted by Crippen LogP contribution is 2.23. The van der Waals surface area contributed by atoms with Gasteiger partial charge in [-0.1, -0.05) is 37.3 Å². The molecule has 1 atom stereocenters. The topological polar surface area (TPSA) is 86.8 Å². The van der Waals surface area contributed by atoms with E-state index in [1.165, 1.54) is 4.90 Å². The first kappa shape index (κ1) is 26.4. The lowest BCUT2D eigenvalue weighted by molar-refractivity contribution is -0.140. The standard InChI is InChI=1S/C25H35N3O4S/c1-7-23(25(30)26-8-2)27(16-21-12-10-9-11-20(21)5)24(29)17-28(33(6,31)32)22-14-18(3)13-19(4)15-22/h9-15,23H,7-8,16-17H2,1-6H3,(H,26,30)/t23-/m1/s1. The highest BCUT2D eigenvalue weighted by molar-refractivity contribution is 7.92. The van der Waals surface area contributed by atoms with E-state index in [0.717, 1.165) is 32.8 Å². The predicted octanol–water partition coefficient (Wildman–Crippen LogP) is 3.32. The van der Waals surface area contributed by atoms with Crippen LogP contribution in [0.2, 0.25) is 0 Å². The Balaban J connectivity index is 2.48. The minimum atomic E-state index is -3.74. The fraction of sp³-hybridized carbons (Fsp3) is 0.440. The molecule has 2 rings (SSSR count). The van der Waals surface area contributed by atoms with E-state index in [2.05, 4.69) is 5.32 Å². The van der Waals surface area contributed by atoms with Crippen LogP contribution in [0.1, 0.15) is 42.5 Å². The number of amides is 2. The number of hydrogen-bond acceptors (Lipinski definition) is 4. The first-order chi connectivity index (χ1) is 15.5. The van der Waals surface area contributed by atoms with E-state index < -0.39 is 22.0 Å². The molecule has 0 aliphatic heterocycles. The smallest absolute Gasteiger partial charge is 0.244 e. The molecule has 0 aliphatic rings. The minimum absolute atomic E-state index is 0.214. The van der Waals surface area contributed by atoms with Gasteiger partial charge in [0.1, 0.15) is 12.6 Å². The molecule has 0 radical (unpaired) electrons. The van der Waals surface area contributed by atoms with Crippen molar-refractivity contribution in [1.82, 2.24) is 10.2 Å². The predicted molar refractivity (Wildman–Crippen MR) is 133 cm³/mol. The first-order valence-electron chi connectivity index (χ1n) is 11.2. The van der Waals surface area contributed by atoms with Crippen molar-refractivity contribution in [3.63, 3.8) is 0 Å². The summed E-state index contributed by atoms with van der Waals surface area (Å²) in [7, 11) is -3.74. The Hall–Kier alpha value is -2.87. The number of rotatable bonds is 10. The second-order valence-corrected chi connectivity index (χ2v) is 10.3. The van der Waals surface area contributed by atoms with Crippen LogP contribution in [0.5, 0.6) is 0 Å². The van der Waals surface area contributed by atoms with Crippen molar-refractivity contribution in [2.45, 2.75) is 53.6 Å². The van der Waals surface area contributed by atoms with Gasteiger partial charge in [0.25, 0.3) is 0 Å². The van der Waals surface area contributed by atoms with Crippen molar-refractivity contribution in [2.24, 2.45) is 0 Å². The normalized spacial score (nSPS) is 12.2. The van der Waals surface area contributed by atoms with Crippen LogP contribution in [-0.4, -0.2) is 50.5 Å². The van der Waals surface area contributed by atoms with Gasteiger partial charge in [0.15, 0.2) is 0 Å². The lowest BCUT2D eigenvalue weighted by atomic mass is 10.1. The zero-order valence-electron chi connectivity index (χ0n) is 20.4. The minimum Gasteiger partial charge on any atom is -0.355 e. The molecule has 7 nitrogen and oxygen atoms in total. The molecule has 33 heavy (non-hydrogen) atoms. The SMILES string of the molecule is CCNC(=O)[C@@H](CC)N(Cc1ccccc1C)C(=O)CN(c1cc(C)cc(C)c1)S(C)(=O)=O. The highest BCUT2D eigenvalue weighted by atomic mass is 32.2. The number of carbonyl (C=O) groups excluding carboxylic acids is 2. The Labute approximate surface area is 197 Å². The van der Waals surface area contributed by atoms with Crippen LogP contribution in [0.15, 0.2) is 42.5 Å². The maximum atomic E-state index is 13.6. The maximum Gasteiger partial charge on any atom is 0.244 e. The lowest BCUT2D eigenvalue weighted by Gasteiger charge is -2.33. The molecule has 0 aromatic heterocycles. The molecular formula is C25H35N3O4S. The molecule has 0 heterocycles. The summed E-state index contributed by atoms with van der Waals surface area (Å²) in [6.07, 6.45) is 1.50. The lowest BCUT2D eigenvalue weighted by Crippen LogP contribution is -2.52. The first-order valence-corrected chi connectivity index (χ1v) is 13.0. The monoisotopic (exact) mass is 473 g/mol. The van der Waals surface area contributed by atoms with Gasteiger partial charge in [0, 0.05) is 13.1 Å². The van der Waals surface area contributed by atoms with Gasteiger partial charge in [-0.15, -0.1) is 0 Å². The van der Waals surface area contributed by atoms with E-state index in [1.807, 2.05) is 65.0 Å². The van der Waals surface area contributed by atoms with Crippen molar-refractivity contribution >= 4 is 27.5 Å². The summed E-state index contributed by atoms with van der Waals surface area (Å²) in [5.74, 6) is -0.680. The van der Waals surface area contributed by atoms with Crippen molar-refractivity contribution in [3.05, 3.63) is 64.7 Å². The third kappa shape index (κ3) is 7.05. The summed E-state index contributed by atoms with van der Waals surface area (Å²) >= 11 is 0. The number of benzene rings is 2. The second kappa shape index (κ2) is 11.3. The largest absolute Gasteiger partial charge is 0.355 e. The Morgan fingerprint density at radius 3 is 2.12 bits per heavy atom. The molecule has 180 valence electrons. The molecule has 0 unspecified atom stereocenters. The average molecular weight is 474 g/mol. The summed E-state index contributed by atoms with van der Waals surface area (Å²) < 4.78 is 26.5. The Kier molecular flexibility index (Phi) is 9.05. The van der Waals surface area contributed by atoms with Crippen molar-refractivity contribution < 1.29 is 18.0 Å². The van der Waals surface area contributed by atoms with Crippen LogP contribution in [0.3, 0.4) is 0 Å². The summed E-state index contributed by atoms with van der Waals surface area (Å²) in [5, 5.41) is 2.80. The van der Waals surface area contributed by atoms with Crippen LogP contribution < -0.4 is 9.62 Å². The number of hydrogen-bond donors (Lipinski definition) is 1. The molecule has 0 fully saturated rings. The third-order valence-electron chi connectivity index (χ3n) is 5.51. The van der Waals surface area contributed by atoms with Gasteiger partial charge >= 0.3 is 0 Å². The van der Waals surface area contributed by atoms with Gasteiger partial charge in [0.2, 0.25) is 21.8 Å². The van der Waals surface area contributed by atoms with Crippen LogP contribution in [0.4, 0.5) is 5.69 Å². The number of carbonyl (C=O) groups is 2. The van der Waals surface area contributed by atoms with Crippen LogP contribution in [0, 0.1) is 20.8 Å². The number of anilines is 1. The van der Waals surface area contributed by atoms with E-state index >= 15 is 0 Å². The average Bonchev–Trinajstić information content (AvgIpc) is 2.71. The number of sulfonamides is 1. The van der Waals surface area contributed by atoms with Crippen molar-refractivity contribution in [2.75, 3.05) is 23.7 Å². The summed E-state index contributed by atoms with van der Waals surface area (Å²) in [5.41, 5.74) is 4.14. The van der Waals surface area contributed by atoms with Crippen LogP contribution in [0.25, 0.3) is 0 Å². The molecule has 0 saturated carbocycles. The van der Waals surface area contributed by atoms with E-state index in [0.29, 0.717) is 18.7 Å². The van der Waals surface area contributed by atoms with E-state index in [4.69, 9.17) is 0 Å². The zero-order valence-corrected chi connectivity index (χ0v) is 21.2. The molecule has 2 aromatic carbocycles. The maximum absolute atomic E-state index is 13.6. The van der Waals surface area contributed by atoms with Gasteiger partial charge in [0.05, 0.1) is 11.9 Å². The number of likely N-dealkylation sites (N-methyl/N-ethyl adjacent to an activating group) is 1. The molecule has 0 spiro atoms. The third-order valence-corrected chi connectivity index (χ3v) is 6.65. The molecule has 2 aromatic rings. The Bertz CT molecular complexity index is 1080. The summed E-state index contributed by atoms with van der Waals surface area (Å²) in [6, 6.07) is 12.4. The summed E-state index contributed by atoms with van der Waals surface area (Å²) in [6.45, 7) is 9.65.